The molecule has 0 aliphatic carbocycles. The number of ether oxygens (including phenoxy) is 1. The minimum atomic E-state index is -0.135. The molecule has 12 heavy (non-hydrogen) atoms. The van der Waals surface area contributed by atoms with E-state index in [1.807, 2.05) is 26.8 Å². The smallest absolute Gasteiger partial charge is 0.0950 e. The standard InChI is InChI=1S/C10H20O2/c1-5-9(6-2)12-8-10(3,4)7-11/h5,11H,6-8H2,1-4H3/b9-5+. The number of allylic oxidation sites excluding steroid dienone is 2. The summed E-state index contributed by atoms with van der Waals surface area (Å²) in [4.78, 5) is 0. The molecule has 0 spiro atoms. The van der Waals surface area contributed by atoms with Crippen molar-refractivity contribution in [1.29, 1.82) is 0 Å². The van der Waals surface area contributed by atoms with E-state index in [9.17, 15) is 0 Å². The molecule has 0 aromatic heterocycles. The normalized spacial score (nSPS) is 13.2. The lowest BCUT2D eigenvalue weighted by atomic mass is 9.96. The Morgan fingerprint density at radius 3 is 2.42 bits per heavy atom. The van der Waals surface area contributed by atoms with Crippen LogP contribution in [0.1, 0.15) is 34.1 Å². The lowest BCUT2D eigenvalue weighted by Crippen LogP contribution is -2.23. The number of aliphatic hydroxyl groups excluding tert-OH is 1. The fraction of sp³-hybridized carbons (Fsp3) is 0.800. The number of aliphatic hydroxyl groups is 1. The molecule has 0 aromatic rings. The lowest BCUT2D eigenvalue weighted by molar-refractivity contribution is 0.0599. The molecule has 2 heteroatoms. The van der Waals surface area contributed by atoms with Gasteiger partial charge < -0.3 is 9.84 Å². The van der Waals surface area contributed by atoms with Crippen molar-refractivity contribution in [2.45, 2.75) is 34.1 Å². The van der Waals surface area contributed by atoms with Crippen molar-refractivity contribution in [2.24, 2.45) is 5.41 Å². The topological polar surface area (TPSA) is 29.5 Å². The predicted molar refractivity (Wildman–Crippen MR) is 50.9 cm³/mol. The van der Waals surface area contributed by atoms with E-state index in [1.165, 1.54) is 0 Å². The second kappa shape index (κ2) is 5.20. The quantitative estimate of drug-likeness (QED) is 0.645. The van der Waals surface area contributed by atoms with E-state index >= 15 is 0 Å². The van der Waals surface area contributed by atoms with Gasteiger partial charge in [0.25, 0.3) is 0 Å². The van der Waals surface area contributed by atoms with Crippen molar-refractivity contribution >= 4 is 0 Å². The van der Waals surface area contributed by atoms with Gasteiger partial charge in [-0.3, -0.25) is 0 Å². The molecule has 0 rings (SSSR count). The van der Waals surface area contributed by atoms with Crippen LogP contribution in [0.2, 0.25) is 0 Å². The first-order valence-electron chi connectivity index (χ1n) is 4.44. The van der Waals surface area contributed by atoms with Gasteiger partial charge in [0.15, 0.2) is 0 Å². The summed E-state index contributed by atoms with van der Waals surface area (Å²) in [5.74, 6) is 0.997. The Hall–Kier alpha value is -0.500. The van der Waals surface area contributed by atoms with Gasteiger partial charge in [-0.2, -0.15) is 0 Å². The Bertz CT molecular complexity index is 148. The summed E-state index contributed by atoms with van der Waals surface area (Å²) in [6, 6.07) is 0. The molecule has 0 aromatic carbocycles. The summed E-state index contributed by atoms with van der Waals surface area (Å²) in [6.07, 6.45) is 2.88. The molecule has 0 aliphatic heterocycles. The highest BCUT2D eigenvalue weighted by molar-refractivity contribution is 4.89. The Kier molecular flexibility index (Phi) is 4.98. The van der Waals surface area contributed by atoms with Crippen molar-refractivity contribution in [3.63, 3.8) is 0 Å². The van der Waals surface area contributed by atoms with E-state index in [1.54, 1.807) is 0 Å². The van der Waals surface area contributed by atoms with Gasteiger partial charge in [-0.1, -0.05) is 20.8 Å². The largest absolute Gasteiger partial charge is 0.498 e. The Morgan fingerprint density at radius 1 is 1.50 bits per heavy atom. The Balaban J connectivity index is 3.81. The van der Waals surface area contributed by atoms with E-state index in [-0.39, 0.29) is 12.0 Å². The van der Waals surface area contributed by atoms with E-state index in [4.69, 9.17) is 9.84 Å². The van der Waals surface area contributed by atoms with Gasteiger partial charge in [-0.05, 0) is 13.0 Å². The number of hydrogen-bond acceptors (Lipinski definition) is 2. The first-order chi connectivity index (χ1) is 5.55. The zero-order valence-electron chi connectivity index (χ0n) is 8.55. The van der Waals surface area contributed by atoms with Crippen LogP contribution in [-0.2, 0) is 4.74 Å². The average molecular weight is 172 g/mol. The van der Waals surface area contributed by atoms with Crippen molar-refractivity contribution in [1.82, 2.24) is 0 Å². The van der Waals surface area contributed by atoms with Crippen LogP contribution in [0.5, 0.6) is 0 Å². The van der Waals surface area contributed by atoms with Crippen molar-refractivity contribution in [3.8, 4) is 0 Å². The van der Waals surface area contributed by atoms with Crippen LogP contribution in [0.3, 0.4) is 0 Å². The summed E-state index contributed by atoms with van der Waals surface area (Å²) in [5.41, 5.74) is -0.135. The van der Waals surface area contributed by atoms with E-state index < -0.39 is 0 Å². The molecular weight excluding hydrogens is 152 g/mol. The molecule has 0 fully saturated rings. The van der Waals surface area contributed by atoms with E-state index in [0.29, 0.717) is 6.61 Å². The molecule has 0 aliphatic rings. The number of rotatable bonds is 5. The maximum atomic E-state index is 8.95. The maximum Gasteiger partial charge on any atom is 0.0950 e. The van der Waals surface area contributed by atoms with Crippen molar-refractivity contribution in [2.75, 3.05) is 13.2 Å². The molecule has 0 saturated carbocycles. The second-order valence-corrected chi connectivity index (χ2v) is 3.72. The van der Waals surface area contributed by atoms with Gasteiger partial charge in [0.1, 0.15) is 0 Å². The summed E-state index contributed by atoms with van der Waals surface area (Å²) in [7, 11) is 0. The molecule has 72 valence electrons. The summed E-state index contributed by atoms with van der Waals surface area (Å²) >= 11 is 0. The molecule has 1 N–H and O–H groups in total. The molecule has 0 bridgehead atoms. The summed E-state index contributed by atoms with van der Waals surface area (Å²) in [5, 5.41) is 8.95. The highest BCUT2D eigenvalue weighted by atomic mass is 16.5. The van der Waals surface area contributed by atoms with E-state index in [0.717, 1.165) is 12.2 Å². The van der Waals surface area contributed by atoms with Gasteiger partial charge in [-0.25, -0.2) is 0 Å². The second-order valence-electron chi connectivity index (χ2n) is 3.72. The molecular formula is C10H20O2. The Labute approximate surface area is 75.2 Å². The first kappa shape index (κ1) is 11.5. The zero-order valence-corrected chi connectivity index (χ0v) is 8.55. The van der Waals surface area contributed by atoms with Crippen LogP contribution in [0.15, 0.2) is 11.8 Å². The van der Waals surface area contributed by atoms with Crippen LogP contribution in [-0.4, -0.2) is 18.3 Å². The summed E-state index contributed by atoms with van der Waals surface area (Å²) < 4.78 is 5.50. The minimum absolute atomic E-state index is 0.135. The van der Waals surface area contributed by atoms with Crippen LogP contribution in [0, 0.1) is 5.41 Å². The van der Waals surface area contributed by atoms with Crippen LogP contribution in [0.25, 0.3) is 0 Å². The third-order valence-electron chi connectivity index (χ3n) is 1.75. The van der Waals surface area contributed by atoms with E-state index in [2.05, 4.69) is 6.92 Å². The van der Waals surface area contributed by atoms with Gasteiger partial charge in [0, 0.05) is 11.8 Å². The first-order valence-corrected chi connectivity index (χ1v) is 4.44. The average Bonchev–Trinajstić information content (AvgIpc) is 2.06. The molecule has 0 atom stereocenters. The minimum Gasteiger partial charge on any atom is -0.498 e. The number of hydrogen-bond donors (Lipinski definition) is 1. The predicted octanol–water partition coefficient (Wildman–Crippen LogP) is 2.34. The molecule has 0 heterocycles. The van der Waals surface area contributed by atoms with Gasteiger partial charge >= 0.3 is 0 Å². The molecule has 0 unspecified atom stereocenters. The third kappa shape index (κ3) is 4.39. The van der Waals surface area contributed by atoms with Crippen LogP contribution < -0.4 is 0 Å². The zero-order chi connectivity index (χ0) is 9.61. The third-order valence-corrected chi connectivity index (χ3v) is 1.75. The lowest BCUT2D eigenvalue weighted by Gasteiger charge is -2.22. The SMILES string of the molecule is C/C=C(\CC)OCC(C)(C)CO. The van der Waals surface area contributed by atoms with Gasteiger partial charge in [0.05, 0.1) is 19.0 Å². The molecule has 2 nitrogen and oxygen atoms in total. The highest BCUT2D eigenvalue weighted by Gasteiger charge is 2.17. The van der Waals surface area contributed by atoms with Crippen molar-refractivity contribution < 1.29 is 9.84 Å². The summed E-state index contributed by atoms with van der Waals surface area (Å²) in [6.45, 7) is 8.72. The van der Waals surface area contributed by atoms with Crippen LogP contribution >= 0.6 is 0 Å². The van der Waals surface area contributed by atoms with Gasteiger partial charge in [-0.15, -0.1) is 0 Å². The van der Waals surface area contributed by atoms with Gasteiger partial charge in [0.2, 0.25) is 0 Å². The van der Waals surface area contributed by atoms with Crippen molar-refractivity contribution in [3.05, 3.63) is 11.8 Å². The maximum absolute atomic E-state index is 8.95. The Morgan fingerprint density at radius 2 is 2.08 bits per heavy atom. The fourth-order valence-electron chi connectivity index (χ4n) is 0.723. The molecule has 0 saturated heterocycles. The fourth-order valence-corrected chi connectivity index (χ4v) is 0.723. The highest BCUT2D eigenvalue weighted by Crippen LogP contribution is 2.16. The molecule has 0 radical (unpaired) electrons. The monoisotopic (exact) mass is 172 g/mol. The van der Waals surface area contributed by atoms with Crippen LogP contribution in [0.4, 0.5) is 0 Å². The molecule has 0 amide bonds.